The van der Waals surface area contributed by atoms with E-state index in [0.717, 1.165) is 16.3 Å². The number of nitrogens with zero attached hydrogens (tertiary/aromatic N) is 1. The van der Waals surface area contributed by atoms with Crippen molar-refractivity contribution in [3.63, 3.8) is 0 Å². The predicted octanol–water partition coefficient (Wildman–Crippen LogP) is 3.19. The summed E-state index contributed by atoms with van der Waals surface area (Å²) in [7, 11) is 0.203. The molecule has 0 fully saturated rings. The van der Waals surface area contributed by atoms with Crippen LogP contribution < -0.4 is 14.2 Å². The molecule has 3 aromatic carbocycles. The summed E-state index contributed by atoms with van der Waals surface area (Å²) in [6.07, 6.45) is 0. The molecule has 0 unspecified atom stereocenters. The third-order valence-corrected chi connectivity index (χ3v) is 6.52. The Bertz CT molecular complexity index is 1120. The summed E-state index contributed by atoms with van der Waals surface area (Å²) in [6.45, 7) is 1.12. The fraction of sp³-hybridized carbons (Fsp3) is 0.273. The topological polar surface area (TPSA) is 67.9 Å². The van der Waals surface area contributed by atoms with Gasteiger partial charge in [0, 0.05) is 18.7 Å². The molecule has 0 aliphatic carbocycles. The van der Waals surface area contributed by atoms with Gasteiger partial charge in [0.2, 0.25) is 10.0 Å². The highest BCUT2D eigenvalue weighted by Crippen LogP contribution is 2.32. The van der Waals surface area contributed by atoms with Crippen LogP contribution in [0.25, 0.3) is 10.8 Å². The number of fused-ring (bicyclic) bond motifs is 2. The van der Waals surface area contributed by atoms with Crippen LogP contribution in [0.3, 0.4) is 0 Å². The highest BCUT2D eigenvalue weighted by molar-refractivity contribution is 7.89. The molecule has 152 valence electrons. The highest BCUT2D eigenvalue weighted by atomic mass is 32.2. The van der Waals surface area contributed by atoms with Gasteiger partial charge in [-0.05, 0) is 42.6 Å². The number of nitrogens with one attached hydrogen (secondary N) is 1. The molecule has 0 saturated heterocycles. The summed E-state index contributed by atoms with van der Waals surface area (Å²) in [5.41, 5.74) is 1.08. The van der Waals surface area contributed by atoms with Crippen LogP contribution >= 0.6 is 0 Å². The lowest BCUT2D eigenvalue weighted by Gasteiger charge is -2.26. The van der Waals surface area contributed by atoms with Gasteiger partial charge in [0.15, 0.2) is 11.5 Å². The smallest absolute Gasteiger partial charge is 0.240 e. The van der Waals surface area contributed by atoms with Crippen molar-refractivity contribution in [2.45, 2.75) is 10.9 Å². The van der Waals surface area contributed by atoms with Gasteiger partial charge in [-0.15, -0.1) is 0 Å². The lowest BCUT2D eigenvalue weighted by Crippen LogP contribution is -2.34. The summed E-state index contributed by atoms with van der Waals surface area (Å²) in [5, 5.41) is 2.25. The Balaban J connectivity index is 1.59. The van der Waals surface area contributed by atoms with Crippen molar-refractivity contribution in [3.8, 4) is 11.5 Å². The van der Waals surface area contributed by atoms with Crippen LogP contribution in [0.5, 0.6) is 11.5 Å². The van der Waals surface area contributed by atoms with Crippen molar-refractivity contribution in [1.82, 2.24) is 9.62 Å². The number of sulfonamides is 1. The minimum absolute atomic E-state index is 0.118. The standard InChI is InChI=1S/C22H24N2O4S/c1-24(2)20(19-9-5-7-16-6-3-4-8-18(16)19)15-23-29(25,26)17-10-11-21-22(14-17)28-13-12-27-21/h3-11,14,20,23H,12-13,15H2,1-2H3/t20-/m0/s1. The van der Waals surface area contributed by atoms with Gasteiger partial charge in [-0.1, -0.05) is 42.5 Å². The zero-order valence-electron chi connectivity index (χ0n) is 16.5. The third-order valence-electron chi connectivity index (χ3n) is 5.10. The molecule has 0 spiro atoms. The molecular formula is C22H24N2O4S. The maximum atomic E-state index is 12.9. The number of hydrogen-bond acceptors (Lipinski definition) is 5. The van der Waals surface area contributed by atoms with Crippen LogP contribution in [0.4, 0.5) is 0 Å². The van der Waals surface area contributed by atoms with E-state index < -0.39 is 10.0 Å². The van der Waals surface area contributed by atoms with Gasteiger partial charge in [-0.3, -0.25) is 0 Å². The molecule has 1 aliphatic rings. The lowest BCUT2D eigenvalue weighted by atomic mass is 9.98. The van der Waals surface area contributed by atoms with Crippen LogP contribution in [0.15, 0.2) is 65.6 Å². The van der Waals surface area contributed by atoms with E-state index >= 15 is 0 Å². The molecule has 1 N–H and O–H groups in total. The lowest BCUT2D eigenvalue weighted by molar-refractivity contribution is 0.171. The van der Waals surface area contributed by atoms with Gasteiger partial charge >= 0.3 is 0 Å². The molecule has 1 atom stereocenters. The van der Waals surface area contributed by atoms with Gasteiger partial charge in [-0.2, -0.15) is 0 Å². The number of ether oxygens (including phenoxy) is 2. The molecule has 3 aromatic rings. The van der Waals surface area contributed by atoms with Crippen LogP contribution in [-0.2, 0) is 10.0 Å². The average Bonchev–Trinajstić information content (AvgIpc) is 2.73. The fourth-order valence-corrected chi connectivity index (χ4v) is 4.63. The zero-order valence-corrected chi connectivity index (χ0v) is 17.3. The molecule has 29 heavy (non-hydrogen) atoms. The molecule has 0 amide bonds. The Morgan fingerprint density at radius 3 is 2.48 bits per heavy atom. The quantitative estimate of drug-likeness (QED) is 0.674. The van der Waals surface area contributed by atoms with Crippen LogP contribution in [0.1, 0.15) is 11.6 Å². The van der Waals surface area contributed by atoms with E-state index in [0.29, 0.717) is 24.7 Å². The Kier molecular flexibility index (Phi) is 5.45. The Labute approximate surface area is 171 Å². The van der Waals surface area contributed by atoms with Crippen LogP contribution in [-0.4, -0.2) is 47.2 Å². The Hall–Kier alpha value is -2.61. The van der Waals surface area contributed by atoms with Gasteiger partial charge in [0.25, 0.3) is 0 Å². The van der Waals surface area contributed by atoms with Crippen molar-refractivity contribution in [3.05, 3.63) is 66.2 Å². The maximum Gasteiger partial charge on any atom is 0.240 e. The molecule has 0 saturated carbocycles. The first-order chi connectivity index (χ1) is 14.0. The van der Waals surface area contributed by atoms with Gasteiger partial charge < -0.3 is 14.4 Å². The summed E-state index contributed by atoms with van der Waals surface area (Å²) in [5.74, 6) is 1.02. The number of hydrogen-bond donors (Lipinski definition) is 1. The fourth-order valence-electron chi connectivity index (χ4n) is 3.57. The van der Waals surface area contributed by atoms with E-state index in [-0.39, 0.29) is 17.5 Å². The predicted molar refractivity (Wildman–Crippen MR) is 113 cm³/mol. The molecule has 0 bridgehead atoms. The number of benzene rings is 3. The molecule has 0 aromatic heterocycles. The first kappa shape index (κ1) is 19.7. The summed E-state index contributed by atoms with van der Waals surface area (Å²) < 4.78 is 39.6. The number of likely N-dealkylation sites (N-methyl/N-ethyl adjacent to an activating group) is 1. The second-order valence-electron chi connectivity index (χ2n) is 7.21. The van der Waals surface area contributed by atoms with Crippen molar-refractivity contribution in [1.29, 1.82) is 0 Å². The Morgan fingerprint density at radius 1 is 0.966 bits per heavy atom. The second kappa shape index (κ2) is 8.02. The van der Waals surface area contributed by atoms with E-state index in [4.69, 9.17) is 9.47 Å². The van der Waals surface area contributed by atoms with E-state index in [2.05, 4.69) is 22.9 Å². The molecule has 1 aliphatic heterocycles. The maximum absolute atomic E-state index is 12.9. The minimum atomic E-state index is -3.70. The zero-order chi connectivity index (χ0) is 20.4. The molecule has 6 nitrogen and oxygen atoms in total. The summed E-state index contributed by atoms with van der Waals surface area (Å²) in [6, 6.07) is 18.8. The van der Waals surface area contributed by atoms with Crippen molar-refractivity contribution in [2.24, 2.45) is 0 Å². The monoisotopic (exact) mass is 412 g/mol. The molecule has 4 rings (SSSR count). The van der Waals surface area contributed by atoms with Crippen LogP contribution in [0.2, 0.25) is 0 Å². The molecule has 7 heteroatoms. The SMILES string of the molecule is CN(C)[C@@H](CNS(=O)(=O)c1ccc2c(c1)OCCO2)c1cccc2ccccc12. The van der Waals surface area contributed by atoms with Gasteiger partial charge in [-0.25, -0.2) is 13.1 Å². The first-order valence-corrected chi connectivity index (χ1v) is 11.0. The van der Waals surface area contributed by atoms with Crippen molar-refractivity contribution < 1.29 is 17.9 Å². The van der Waals surface area contributed by atoms with Gasteiger partial charge in [0.05, 0.1) is 4.90 Å². The Morgan fingerprint density at radius 2 is 1.69 bits per heavy atom. The molecular weight excluding hydrogens is 388 g/mol. The first-order valence-electron chi connectivity index (χ1n) is 9.49. The van der Waals surface area contributed by atoms with E-state index in [9.17, 15) is 8.42 Å². The molecule has 0 radical (unpaired) electrons. The van der Waals surface area contributed by atoms with E-state index in [1.165, 1.54) is 6.07 Å². The summed E-state index contributed by atoms with van der Waals surface area (Å²) in [4.78, 5) is 2.19. The minimum Gasteiger partial charge on any atom is -0.486 e. The van der Waals surface area contributed by atoms with E-state index in [1.54, 1.807) is 12.1 Å². The summed E-state index contributed by atoms with van der Waals surface area (Å²) >= 11 is 0. The molecule has 1 heterocycles. The van der Waals surface area contributed by atoms with Crippen molar-refractivity contribution >= 4 is 20.8 Å². The second-order valence-corrected chi connectivity index (χ2v) is 8.97. The highest BCUT2D eigenvalue weighted by Gasteiger charge is 2.23. The van der Waals surface area contributed by atoms with E-state index in [1.807, 2.05) is 43.3 Å². The van der Waals surface area contributed by atoms with Crippen LogP contribution in [0, 0.1) is 0 Å². The number of rotatable bonds is 6. The van der Waals surface area contributed by atoms with Crippen molar-refractivity contribution in [2.75, 3.05) is 33.9 Å². The largest absolute Gasteiger partial charge is 0.486 e. The average molecular weight is 413 g/mol. The van der Waals surface area contributed by atoms with Gasteiger partial charge in [0.1, 0.15) is 13.2 Å². The third kappa shape index (κ3) is 4.07. The normalized spacial score (nSPS) is 14.9.